The zero-order valence-corrected chi connectivity index (χ0v) is 10.0. The van der Waals surface area contributed by atoms with Gasteiger partial charge < -0.3 is 14.4 Å². The molecule has 0 aliphatic carbocycles. The minimum Gasteiger partial charge on any atom is -0.408 e. The first-order chi connectivity index (χ1) is 7.70. The standard InChI is InChI=1S/C10H16ClN3O2/c1-7(15)8-3-5-14(6-8)10-13-12-9(16-10)2-4-11/h7-8,15H,2-6H2,1H3. The molecule has 1 aliphatic heterocycles. The Balaban J connectivity index is 1.97. The van der Waals surface area contributed by atoms with E-state index in [4.69, 9.17) is 16.0 Å². The van der Waals surface area contributed by atoms with Crippen molar-refractivity contribution in [3.63, 3.8) is 0 Å². The summed E-state index contributed by atoms with van der Waals surface area (Å²) < 4.78 is 5.47. The van der Waals surface area contributed by atoms with Gasteiger partial charge in [-0.25, -0.2) is 0 Å². The number of nitrogens with zero attached hydrogens (tertiary/aromatic N) is 3. The van der Waals surface area contributed by atoms with E-state index >= 15 is 0 Å². The molecular formula is C10H16ClN3O2. The lowest BCUT2D eigenvalue weighted by Crippen LogP contribution is -2.24. The summed E-state index contributed by atoms with van der Waals surface area (Å²) >= 11 is 5.60. The fraction of sp³-hybridized carbons (Fsp3) is 0.800. The third-order valence-electron chi connectivity index (χ3n) is 2.94. The summed E-state index contributed by atoms with van der Waals surface area (Å²) in [5.41, 5.74) is 0. The van der Waals surface area contributed by atoms with Crippen molar-refractivity contribution in [3.05, 3.63) is 5.89 Å². The van der Waals surface area contributed by atoms with Crippen LogP contribution in [0.15, 0.2) is 4.42 Å². The second-order valence-corrected chi connectivity index (χ2v) is 4.53. The van der Waals surface area contributed by atoms with Crippen molar-refractivity contribution >= 4 is 17.6 Å². The predicted molar refractivity (Wildman–Crippen MR) is 60.7 cm³/mol. The largest absolute Gasteiger partial charge is 0.408 e. The van der Waals surface area contributed by atoms with Crippen LogP contribution in [0.3, 0.4) is 0 Å². The maximum absolute atomic E-state index is 9.50. The van der Waals surface area contributed by atoms with Crippen molar-refractivity contribution in [3.8, 4) is 0 Å². The van der Waals surface area contributed by atoms with Gasteiger partial charge in [0.1, 0.15) is 0 Å². The number of aryl methyl sites for hydroxylation is 1. The molecule has 2 atom stereocenters. The van der Waals surface area contributed by atoms with Crippen molar-refractivity contribution in [2.75, 3.05) is 23.9 Å². The van der Waals surface area contributed by atoms with E-state index < -0.39 is 0 Å². The summed E-state index contributed by atoms with van der Waals surface area (Å²) in [6.07, 6.45) is 1.28. The van der Waals surface area contributed by atoms with Crippen molar-refractivity contribution in [2.24, 2.45) is 5.92 Å². The Morgan fingerprint density at radius 3 is 3.06 bits per heavy atom. The number of alkyl halides is 1. The zero-order chi connectivity index (χ0) is 11.5. The molecule has 90 valence electrons. The lowest BCUT2D eigenvalue weighted by Gasteiger charge is -2.14. The highest BCUT2D eigenvalue weighted by Crippen LogP contribution is 2.24. The summed E-state index contributed by atoms with van der Waals surface area (Å²) in [5, 5.41) is 17.4. The number of rotatable bonds is 4. The highest BCUT2D eigenvalue weighted by molar-refractivity contribution is 6.17. The fourth-order valence-electron chi connectivity index (χ4n) is 1.91. The van der Waals surface area contributed by atoms with Gasteiger partial charge in [-0.15, -0.1) is 16.7 Å². The van der Waals surface area contributed by atoms with E-state index in [1.54, 1.807) is 0 Å². The molecule has 0 saturated carbocycles. The molecule has 2 rings (SSSR count). The second kappa shape index (κ2) is 5.01. The molecule has 0 spiro atoms. The average molecular weight is 246 g/mol. The molecule has 2 unspecified atom stereocenters. The predicted octanol–water partition coefficient (Wildman–Crippen LogP) is 1.06. The number of aromatic nitrogens is 2. The molecule has 16 heavy (non-hydrogen) atoms. The van der Waals surface area contributed by atoms with Crippen LogP contribution in [0.25, 0.3) is 0 Å². The SMILES string of the molecule is CC(O)C1CCN(c2nnc(CCCl)o2)C1. The molecule has 1 aromatic rings. The Labute approximate surface area is 99.4 Å². The molecule has 0 radical (unpaired) electrons. The van der Waals surface area contributed by atoms with E-state index in [0.29, 0.717) is 30.1 Å². The normalized spacial score (nSPS) is 22.7. The van der Waals surface area contributed by atoms with Crippen LogP contribution in [0.2, 0.25) is 0 Å². The minimum atomic E-state index is -0.282. The third kappa shape index (κ3) is 2.47. The molecule has 5 nitrogen and oxygen atoms in total. The first-order valence-corrected chi connectivity index (χ1v) is 6.05. The molecule has 1 saturated heterocycles. The third-order valence-corrected chi connectivity index (χ3v) is 3.13. The molecule has 6 heteroatoms. The van der Waals surface area contributed by atoms with Crippen LogP contribution in [0.5, 0.6) is 0 Å². The molecule has 0 amide bonds. The molecule has 1 aliphatic rings. The van der Waals surface area contributed by atoms with Gasteiger partial charge in [-0.1, -0.05) is 5.10 Å². The van der Waals surface area contributed by atoms with E-state index in [1.807, 2.05) is 11.8 Å². The fourth-order valence-corrected chi connectivity index (χ4v) is 2.07. The lowest BCUT2D eigenvalue weighted by atomic mass is 10.0. The Morgan fingerprint density at radius 1 is 1.62 bits per heavy atom. The molecule has 2 heterocycles. The van der Waals surface area contributed by atoms with Crippen LogP contribution in [-0.2, 0) is 6.42 Å². The van der Waals surface area contributed by atoms with Gasteiger partial charge >= 0.3 is 6.01 Å². The van der Waals surface area contributed by atoms with Crippen molar-refractivity contribution in [1.29, 1.82) is 0 Å². The van der Waals surface area contributed by atoms with Crippen molar-refractivity contribution < 1.29 is 9.52 Å². The quantitative estimate of drug-likeness (QED) is 0.804. The second-order valence-electron chi connectivity index (χ2n) is 4.15. The number of hydrogen-bond donors (Lipinski definition) is 1. The average Bonchev–Trinajstić information content (AvgIpc) is 2.84. The van der Waals surface area contributed by atoms with Gasteiger partial charge in [-0.2, -0.15) is 0 Å². The van der Waals surface area contributed by atoms with Gasteiger partial charge in [-0.3, -0.25) is 0 Å². The maximum atomic E-state index is 9.50. The Hall–Kier alpha value is -0.810. The maximum Gasteiger partial charge on any atom is 0.318 e. The summed E-state index contributed by atoms with van der Waals surface area (Å²) in [7, 11) is 0. The van der Waals surface area contributed by atoms with E-state index in [1.165, 1.54) is 0 Å². The van der Waals surface area contributed by atoms with Gasteiger partial charge in [0.05, 0.1) is 6.10 Å². The molecular weight excluding hydrogens is 230 g/mol. The summed E-state index contributed by atoms with van der Waals surface area (Å²) in [6.45, 7) is 3.46. The van der Waals surface area contributed by atoms with Gasteiger partial charge in [-0.05, 0) is 13.3 Å². The smallest absolute Gasteiger partial charge is 0.318 e. The summed E-state index contributed by atoms with van der Waals surface area (Å²) in [5.74, 6) is 1.35. The van der Waals surface area contributed by atoms with Crippen LogP contribution in [0.1, 0.15) is 19.2 Å². The number of aliphatic hydroxyl groups excluding tert-OH is 1. The highest BCUT2D eigenvalue weighted by atomic mass is 35.5. The van der Waals surface area contributed by atoms with Crippen molar-refractivity contribution in [2.45, 2.75) is 25.9 Å². The Morgan fingerprint density at radius 2 is 2.44 bits per heavy atom. The first kappa shape index (κ1) is 11.7. The monoisotopic (exact) mass is 245 g/mol. The zero-order valence-electron chi connectivity index (χ0n) is 9.27. The molecule has 1 aromatic heterocycles. The van der Waals surface area contributed by atoms with E-state index in [0.717, 1.165) is 19.5 Å². The number of aliphatic hydroxyl groups is 1. The highest BCUT2D eigenvalue weighted by Gasteiger charge is 2.28. The topological polar surface area (TPSA) is 62.4 Å². The van der Waals surface area contributed by atoms with Gasteiger partial charge in [0, 0.05) is 31.3 Å². The van der Waals surface area contributed by atoms with E-state index in [-0.39, 0.29) is 6.10 Å². The Kier molecular flexibility index (Phi) is 3.66. The van der Waals surface area contributed by atoms with Crippen LogP contribution >= 0.6 is 11.6 Å². The minimum absolute atomic E-state index is 0.282. The van der Waals surface area contributed by atoms with E-state index in [2.05, 4.69) is 10.2 Å². The van der Waals surface area contributed by atoms with Crippen LogP contribution in [-0.4, -0.2) is 40.4 Å². The summed E-state index contributed by atoms with van der Waals surface area (Å²) in [4.78, 5) is 2.02. The van der Waals surface area contributed by atoms with Crippen LogP contribution < -0.4 is 4.90 Å². The first-order valence-electron chi connectivity index (χ1n) is 5.52. The van der Waals surface area contributed by atoms with Gasteiger partial charge in [0.15, 0.2) is 0 Å². The molecule has 0 aromatic carbocycles. The van der Waals surface area contributed by atoms with Crippen molar-refractivity contribution in [1.82, 2.24) is 10.2 Å². The molecule has 0 bridgehead atoms. The molecule has 1 N–H and O–H groups in total. The lowest BCUT2D eigenvalue weighted by molar-refractivity contribution is 0.136. The van der Waals surface area contributed by atoms with Crippen LogP contribution in [0.4, 0.5) is 6.01 Å². The molecule has 1 fully saturated rings. The van der Waals surface area contributed by atoms with Gasteiger partial charge in [0.25, 0.3) is 0 Å². The number of hydrogen-bond acceptors (Lipinski definition) is 5. The summed E-state index contributed by atoms with van der Waals surface area (Å²) in [6, 6.07) is 0.545. The van der Waals surface area contributed by atoms with Gasteiger partial charge in [0.2, 0.25) is 5.89 Å². The number of anilines is 1. The number of halogens is 1. The van der Waals surface area contributed by atoms with E-state index in [9.17, 15) is 5.11 Å². The van der Waals surface area contributed by atoms with Crippen LogP contribution in [0, 0.1) is 5.92 Å². The Bertz CT molecular complexity index is 343.